The van der Waals surface area contributed by atoms with Crippen LogP contribution in [0.25, 0.3) is 22.4 Å². The van der Waals surface area contributed by atoms with Gasteiger partial charge in [0.05, 0.1) is 23.2 Å². The van der Waals surface area contributed by atoms with Crippen molar-refractivity contribution in [3.63, 3.8) is 0 Å². The number of aliphatic hydroxyl groups is 1. The standard InChI is InChI=1S/C34H42N4O3/c1-4-38(23(2)39)29-16-10-24(11-17-29)18-31(40)37-28-19-30(25-8-6-5-7-9-25)32(36-20-28)26-12-14-27(15-13-26)34(35)21-33(3,41)22-34/h5-9,12-15,19-20,24,29,41H,4,10-11,16-18,21-22,35H2,1-3H3,(H,37,40)/t24-,29-,33-,34-. The van der Waals surface area contributed by atoms with Crippen LogP contribution in [-0.4, -0.2) is 45.0 Å². The molecular weight excluding hydrogens is 512 g/mol. The monoisotopic (exact) mass is 554 g/mol. The first kappa shape index (κ1) is 29.0. The van der Waals surface area contributed by atoms with Crippen LogP contribution < -0.4 is 11.1 Å². The van der Waals surface area contributed by atoms with Gasteiger partial charge in [0.2, 0.25) is 11.8 Å². The molecule has 0 spiro atoms. The van der Waals surface area contributed by atoms with Gasteiger partial charge in [-0.05, 0) is 75.5 Å². The molecule has 0 unspecified atom stereocenters. The normalized spacial score (nSPS) is 25.7. The third-order valence-electron chi connectivity index (χ3n) is 8.86. The number of anilines is 1. The SMILES string of the molecule is CCN(C(C)=O)[C@H]1CC[C@H](CC(=O)Nc2cnc(-c3ccc([C@]4(N)C[C@](C)(O)C4)cc3)c(-c3ccccc3)c2)CC1. The van der Waals surface area contributed by atoms with Crippen LogP contribution in [0.5, 0.6) is 0 Å². The zero-order valence-electron chi connectivity index (χ0n) is 24.4. The van der Waals surface area contributed by atoms with Gasteiger partial charge in [-0.2, -0.15) is 0 Å². The van der Waals surface area contributed by atoms with Crippen molar-refractivity contribution in [3.05, 3.63) is 72.4 Å². The van der Waals surface area contributed by atoms with Crippen molar-refractivity contribution >= 4 is 17.5 Å². The maximum absolute atomic E-state index is 13.0. The zero-order valence-corrected chi connectivity index (χ0v) is 24.4. The number of aromatic nitrogens is 1. The van der Waals surface area contributed by atoms with E-state index in [1.54, 1.807) is 13.1 Å². The molecule has 0 atom stereocenters. The lowest BCUT2D eigenvalue weighted by molar-refractivity contribution is -0.132. The quantitative estimate of drug-likeness (QED) is 0.323. The van der Waals surface area contributed by atoms with Crippen LogP contribution in [0, 0.1) is 5.92 Å². The second kappa shape index (κ2) is 11.7. The highest BCUT2D eigenvalue weighted by Gasteiger charge is 2.49. The largest absolute Gasteiger partial charge is 0.390 e. The third kappa shape index (κ3) is 6.52. The number of benzene rings is 2. The summed E-state index contributed by atoms with van der Waals surface area (Å²) in [5.74, 6) is 0.446. The number of hydrogen-bond donors (Lipinski definition) is 3. The van der Waals surface area contributed by atoms with Gasteiger partial charge in [0.1, 0.15) is 0 Å². The molecule has 0 radical (unpaired) electrons. The molecule has 5 rings (SSSR count). The fourth-order valence-electron chi connectivity index (χ4n) is 6.95. The smallest absolute Gasteiger partial charge is 0.224 e. The first-order valence-electron chi connectivity index (χ1n) is 14.8. The van der Waals surface area contributed by atoms with Crippen LogP contribution in [-0.2, 0) is 15.1 Å². The van der Waals surface area contributed by atoms with Crippen LogP contribution in [0.1, 0.15) is 71.3 Å². The Balaban J connectivity index is 1.29. The summed E-state index contributed by atoms with van der Waals surface area (Å²) in [6, 6.07) is 20.5. The minimum Gasteiger partial charge on any atom is -0.390 e. The van der Waals surface area contributed by atoms with Crippen molar-refractivity contribution in [1.82, 2.24) is 9.88 Å². The molecule has 3 aromatic rings. The number of nitrogens with zero attached hydrogens (tertiary/aromatic N) is 2. The van der Waals surface area contributed by atoms with E-state index in [0.717, 1.165) is 60.2 Å². The van der Waals surface area contributed by atoms with Crippen LogP contribution in [0.4, 0.5) is 5.69 Å². The van der Waals surface area contributed by atoms with Gasteiger partial charge in [0.25, 0.3) is 0 Å². The van der Waals surface area contributed by atoms with Crippen LogP contribution in [0.15, 0.2) is 66.9 Å². The van der Waals surface area contributed by atoms with Gasteiger partial charge in [-0.1, -0.05) is 54.6 Å². The van der Waals surface area contributed by atoms with Crippen molar-refractivity contribution in [3.8, 4) is 22.4 Å². The van der Waals surface area contributed by atoms with E-state index in [4.69, 9.17) is 10.7 Å². The maximum atomic E-state index is 13.0. The maximum Gasteiger partial charge on any atom is 0.224 e. The molecule has 2 aliphatic rings. The van der Waals surface area contributed by atoms with Gasteiger partial charge in [-0.15, -0.1) is 0 Å². The topological polar surface area (TPSA) is 109 Å². The summed E-state index contributed by atoms with van der Waals surface area (Å²) >= 11 is 0. The zero-order chi connectivity index (χ0) is 29.2. The number of carbonyl (C=O) groups excluding carboxylic acids is 2. The van der Waals surface area contributed by atoms with Gasteiger partial charge >= 0.3 is 0 Å². The Labute approximate surface area is 243 Å². The van der Waals surface area contributed by atoms with Gasteiger partial charge in [-0.25, -0.2) is 0 Å². The molecular formula is C34H42N4O3. The number of pyridine rings is 1. The Morgan fingerprint density at radius 2 is 1.68 bits per heavy atom. The van der Waals surface area contributed by atoms with Gasteiger partial charge in [0, 0.05) is 42.6 Å². The average molecular weight is 555 g/mol. The summed E-state index contributed by atoms with van der Waals surface area (Å²) < 4.78 is 0. The number of carbonyl (C=O) groups is 2. The van der Waals surface area contributed by atoms with E-state index in [0.29, 0.717) is 30.9 Å². The summed E-state index contributed by atoms with van der Waals surface area (Å²) in [7, 11) is 0. The Morgan fingerprint density at radius 1 is 1.02 bits per heavy atom. The molecule has 1 heterocycles. The van der Waals surface area contributed by atoms with Gasteiger partial charge < -0.3 is 21.1 Å². The number of hydrogen-bond acceptors (Lipinski definition) is 5. The summed E-state index contributed by atoms with van der Waals surface area (Å²) in [4.78, 5) is 31.7. The van der Waals surface area contributed by atoms with E-state index < -0.39 is 11.1 Å². The highest BCUT2D eigenvalue weighted by Crippen LogP contribution is 2.46. The Morgan fingerprint density at radius 3 is 2.27 bits per heavy atom. The molecule has 2 aliphatic carbocycles. The van der Waals surface area contributed by atoms with Crippen molar-refractivity contribution in [1.29, 1.82) is 0 Å². The molecule has 7 nitrogen and oxygen atoms in total. The highest BCUT2D eigenvalue weighted by atomic mass is 16.3. The molecule has 41 heavy (non-hydrogen) atoms. The van der Waals surface area contributed by atoms with E-state index in [1.807, 2.05) is 79.4 Å². The van der Waals surface area contributed by atoms with E-state index in [9.17, 15) is 14.7 Å². The lowest BCUT2D eigenvalue weighted by Gasteiger charge is -2.49. The number of nitrogens with one attached hydrogen (secondary N) is 1. The Kier molecular flexibility index (Phi) is 8.30. The first-order chi connectivity index (χ1) is 19.6. The highest BCUT2D eigenvalue weighted by molar-refractivity contribution is 5.93. The predicted molar refractivity (Wildman–Crippen MR) is 163 cm³/mol. The van der Waals surface area contributed by atoms with Crippen LogP contribution >= 0.6 is 0 Å². The van der Waals surface area contributed by atoms with Crippen molar-refractivity contribution in [2.24, 2.45) is 11.7 Å². The minimum absolute atomic E-state index is 0.00472. The van der Waals surface area contributed by atoms with Gasteiger partial charge in [-0.3, -0.25) is 14.6 Å². The number of rotatable bonds is 8. The molecule has 1 aromatic heterocycles. The lowest BCUT2D eigenvalue weighted by atomic mass is 9.63. The van der Waals surface area contributed by atoms with Gasteiger partial charge in [0.15, 0.2) is 0 Å². The molecule has 4 N–H and O–H groups in total. The Hall–Kier alpha value is -3.55. The second-order valence-corrected chi connectivity index (χ2v) is 12.3. The van der Waals surface area contributed by atoms with E-state index >= 15 is 0 Å². The molecule has 0 aliphatic heterocycles. The molecule has 2 amide bonds. The van der Waals surface area contributed by atoms with Crippen LogP contribution in [0.3, 0.4) is 0 Å². The molecule has 7 heteroatoms. The van der Waals surface area contributed by atoms with E-state index in [-0.39, 0.29) is 17.9 Å². The third-order valence-corrected chi connectivity index (χ3v) is 8.86. The Bertz CT molecular complexity index is 1370. The van der Waals surface area contributed by atoms with Crippen LogP contribution in [0.2, 0.25) is 0 Å². The van der Waals surface area contributed by atoms with Crippen molar-refractivity contribution in [2.75, 3.05) is 11.9 Å². The molecule has 2 saturated carbocycles. The molecule has 216 valence electrons. The second-order valence-electron chi connectivity index (χ2n) is 12.3. The fraction of sp³-hybridized carbons (Fsp3) is 0.441. The molecule has 2 aromatic carbocycles. The average Bonchev–Trinajstić information content (AvgIpc) is 2.93. The fourth-order valence-corrected chi connectivity index (χ4v) is 6.95. The summed E-state index contributed by atoms with van der Waals surface area (Å²) in [6.45, 7) is 6.22. The molecule has 0 saturated heterocycles. The molecule has 0 bridgehead atoms. The summed E-state index contributed by atoms with van der Waals surface area (Å²) in [6.07, 6.45) is 7.07. The summed E-state index contributed by atoms with van der Waals surface area (Å²) in [5, 5.41) is 13.3. The number of amides is 2. The predicted octanol–water partition coefficient (Wildman–Crippen LogP) is 5.87. The van der Waals surface area contributed by atoms with E-state index in [1.165, 1.54) is 0 Å². The van der Waals surface area contributed by atoms with Crippen molar-refractivity contribution in [2.45, 2.75) is 82.9 Å². The van der Waals surface area contributed by atoms with E-state index in [2.05, 4.69) is 5.32 Å². The summed E-state index contributed by atoms with van der Waals surface area (Å²) in [5.41, 5.74) is 10.8. The minimum atomic E-state index is -0.707. The lowest BCUT2D eigenvalue weighted by Crippen LogP contribution is -2.58. The first-order valence-corrected chi connectivity index (χ1v) is 14.8. The van der Waals surface area contributed by atoms with Crippen molar-refractivity contribution < 1.29 is 14.7 Å². The number of nitrogens with two attached hydrogens (primary N) is 1. The molecule has 2 fully saturated rings.